The van der Waals surface area contributed by atoms with Crippen molar-refractivity contribution in [2.45, 2.75) is 76.9 Å². The number of hydrogen-bond donors (Lipinski definition) is 1. The van der Waals surface area contributed by atoms with Crippen molar-refractivity contribution in [2.24, 2.45) is 0 Å². The summed E-state index contributed by atoms with van der Waals surface area (Å²) in [5, 5.41) is 3.24. The molecule has 4 nitrogen and oxygen atoms in total. The Labute approximate surface area is 180 Å². The summed E-state index contributed by atoms with van der Waals surface area (Å²) < 4.78 is 12.4. The summed E-state index contributed by atoms with van der Waals surface area (Å²) in [7, 11) is 0. The number of ether oxygens (including phenoxy) is 2. The highest BCUT2D eigenvalue weighted by Gasteiger charge is 2.42. The first-order valence-corrected chi connectivity index (χ1v) is 11.3. The standard InChI is InChI=1S/C26H33NO3/c1-18(2)20-12-11-19(3)15-24(20)29-17-25(28)27-22-16-26(13-7-4-8-14-26)30-23-10-6-5-9-21(22)23/h5-6,9-12,15,18,22H,4,7-8,13-14,16-17H2,1-3H3,(H,27,28)/t22-/m1/s1. The summed E-state index contributed by atoms with van der Waals surface area (Å²) in [6.45, 7) is 6.34. The van der Waals surface area contributed by atoms with Crippen LogP contribution in [0.5, 0.6) is 11.5 Å². The van der Waals surface area contributed by atoms with Gasteiger partial charge in [0.15, 0.2) is 6.61 Å². The first kappa shape index (κ1) is 20.8. The zero-order valence-electron chi connectivity index (χ0n) is 18.4. The highest BCUT2D eigenvalue weighted by Crippen LogP contribution is 2.46. The highest BCUT2D eigenvalue weighted by atomic mass is 16.5. The summed E-state index contributed by atoms with van der Waals surface area (Å²) in [5.41, 5.74) is 3.19. The van der Waals surface area contributed by atoms with E-state index in [-0.39, 0.29) is 24.2 Å². The van der Waals surface area contributed by atoms with Crippen LogP contribution in [0, 0.1) is 6.92 Å². The average molecular weight is 408 g/mol. The molecule has 30 heavy (non-hydrogen) atoms. The van der Waals surface area contributed by atoms with Gasteiger partial charge in [0, 0.05) is 12.0 Å². The molecule has 1 atom stereocenters. The van der Waals surface area contributed by atoms with E-state index in [2.05, 4.69) is 37.4 Å². The Kier molecular flexibility index (Phi) is 6.03. The minimum absolute atomic E-state index is 0.0235. The molecule has 1 fully saturated rings. The minimum Gasteiger partial charge on any atom is -0.487 e. The van der Waals surface area contributed by atoms with E-state index >= 15 is 0 Å². The quantitative estimate of drug-likeness (QED) is 0.677. The zero-order valence-corrected chi connectivity index (χ0v) is 18.4. The van der Waals surface area contributed by atoms with Gasteiger partial charge >= 0.3 is 0 Å². The number of fused-ring (bicyclic) bond motifs is 1. The second-order valence-corrected chi connectivity index (χ2v) is 9.19. The topological polar surface area (TPSA) is 47.6 Å². The molecule has 2 aliphatic rings. The van der Waals surface area contributed by atoms with Crippen molar-refractivity contribution in [1.82, 2.24) is 5.32 Å². The maximum absolute atomic E-state index is 12.9. The molecule has 1 aliphatic carbocycles. The Balaban J connectivity index is 1.47. The third kappa shape index (κ3) is 4.48. The van der Waals surface area contributed by atoms with Crippen molar-refractivity contribution in [2.75, 3.05) is 6.61 Å². The lowest BCUT2D eigenvalue weighted by Crippen LogP contribution is -2.47. The second-order valence-electron chi connectivity index (χ2n) is 9.19. The van der Waals surface area contributed by atoms with Gasteiger partial charge < -0.3 is 14.8 Å². The first-order valence-electron chi connectivity index (χ1n) is 11.3. The largest absolute Gasteiger partial charge is 0.487 e. The van der Waals surface area contributed by atoms with Gasteiger partial charge in [-0.2, -0.15) is 0 Å². The molecule has 0 saturated heterocycles. The number of amides is 1. The van der Waals surface area contributed by atoms with Crippen molar-refractivity contribution in [3.63, 3.8) is 0 Å². The van der Waals surface area contributed by atoms with Gasteiger partial charge in [-0.3, -0.25) is 4.79 Å². The summed E-state index contributed by atoms with van der Waals surface area (Å²) >= 11 is 0. The lowest BCUT2D eigenvalue weighted by atomic mass is 9.77. The molecule has 1 heterocycles. The predicted molar refractivity (Wildman–Crippen MR) is 119 cm³/mol. The number of hydrogen-bond acceptors (Lipinski definition) is 3. The number of para-hydroxylation sites is 1. The van der Waals surface area contributed by atoms with Crippen LogP contribution in [0.4, 0.5) is 0 Å². The molecule has 1 amide bonds. The van der Waals surface area contributed by atoms with Crippen molar-refractivity contribution < 1.29 is 14.3 Å². The number of nitrogens with one attached hydrogen (secondary N) is 1. The van der Waals surface area contributed by atoms with Gasteiger partial charge in [0.25, 0.3) is 5.91 Å². The van der Waals surface area contributed by atoms with E-state index in [1.807, 2.05) is 31.2 Å². The molecule has 0 radical (unpaired) electrons. The molecule has 1 saturated carbocycles. The molecule has 160 valence electrons. The summed E-state index contributed by atoms with van der Waals surface area (Å²) in [5.74, 6) is 1.98. The number of carbonyl (C=O) groups is 1. The Morgan fingerprint density at radius 2 is 1.93 bits per heavy atom. The molecule has 0 unspecified atom stereocenters. The second kappa shape index (κ2) is 8.71. The SMILES string of the molecule is Cc1ccc(C(C)C)c(OCC(=O)N[C@@H]2CC3(CCCCC3)Oc3ccccc32)c1. The first-order chi connectivity index (χ1) is 14.5. The van der Waals surface area contributed by atoms with Gasteiger partial charge in [0.05, 0.1) is 6.04 Å². The summed E-state index contributed by atoms with van der Waals surface area (Å²) in [6.07, 6.45) is 6.61. The molecule has 2 aromatic carbocycles. The number of benzene rings is 2. The van der Waals surface area contributed by atoms with Crippen molar-refractivity contribution in [3.8, 4) is 11.5 Å². The van der Waals surface area contributed by atoms with Crippen LogP contribution >= 0.6 is 0 Å². The van der Waals surface area contributed by atoms with E-state index in [1.54, 1.807) is 0 Å². The van der Waals surface area contributed by atoms with Crippen LogP contribution in [0.1, 0.15) is 81.0 Å². The molecule has 2 aromatic rings. The van der Waals surface area contributed by atoms with Crippen LogP contribution in [0.2, 0.25) is 0 Å². The molecule has 1 N–H and O–H groups in total. The van der Waals surface area contributed by atoms with Gasteiger partial charge in [-0.15, -0.1) is 0 Å². The zero-order chi connectivity index (χ0) is 21.1. The number of carbonyl (C=O) groups excluding carboxylic acids is 1. The smallest absolute Gasteiger partial charge is 0.258 e. The Bertz CT molecular complexity index is 899. The molecular weight excluding hydrogens is 374 g/mol. The van der Waals surface area contributed by atoms with E-state index in [4.69, 9.17) is 9.47 Å². The van der Waals surface area contributed by atoms with Crippen molar-refractivity contribution >= 4 is 5.91 Å². The number of aryl methyl sites for hydroxylation is 1. The van der Waals surface area contributed by atoms with E-state index < -0.39 is 0 Å². The fraction of sp³-hybridized carbons (Fsp3) is 0.500. The monoisotopic (exact) mass is 407 g/mol. The predicted octanol–water partition coefficient (Wildman–Crippen LogP) is 5.84. The average Bonchev–Trinajstić information content (AvgIpc) is 2.72. The molecule has 0 bridgehead atoms. The van der Waals surface area contributed by atoms with Gasteiger partial charge in [-0.25, -0.2) is 0 Å². The third-order valence-corrected chi connectivity index (χ3v) is 6.45. The maximum Gasteiger partial charge on any atom is 0.258 e. The summed E-state index contributed by atoms with van der Waals surface area (Å²) in [4.78, 5) is 12.9. The maximum atomic E-state index is 12.9. The Morgan fingerprint density at radius 1 is 1.17 bits per heavy atom. The molecular formula is C26H33NO3. The van der Waals surface area contributed by atoms with Gasteiger partial charge in [-0.1, -0.05) is 50.6 Å². The molecule has 4 rings (SSSR count). The van der Waals surface area contributed by atoms with E-state index in [0.717, 1.165) is 47.5 Å². The van der Waals surface area contributed by atoms with Gasteiger partial charge in [0.2, 0.25) is 0 Å². The Hall–Kier alpha value is -2.49. The van der Waals surface area contributed by atoms with E-state index in [9.17, 15) is 4.79 Å². The van der Waals surface area contributed by atoms with Crippen LogP contribution in [0.25, 0.3) is 0 Å². The van der Waals surface area contributed by atoms with Crippen molar-refractivity contribution in [1.29, 1.82) is 0 Å². The van der Waals surface area contributed by atoms with Gasteiger partial charge in [0.1, 0.15) is 17.1 Å². The number of rotatable bonds is 5. The van der Waals surface area contributed by atoms with E-state index in [0.29, 0.717) is 5.92 Å². The van der Waals surface area contributed by atoms with Crippen LogP contribution in [-0.4, -0.2) is 18.1 Å². The molecule has 1 spiro atoms. The van der Waals surface area contributed by atoms with E-state index in [1.165, 1.54) is 19.3 Å². The van der Waals surface area contributed by atoms with Gasteiger partial charge in [-0.05, 0) is 61.8 Å². The van der Waals surface area contributed by atoms with Crippen molar-refractivity contribution in [3.05, 3.63) is 59.2 Å². The highest BCUT2D eigenvalue weighted by molar-refractivity contribution is 5.78. The third-order valence-electron chi connectivity index (χ3n) is 6.45. The van der Waals surface area contributed by atoms with Crippen LogP contribution in [0.15, 0.2) is 42.5 Å². The lowest BCUT2D eigenvalue weighted by molar-refractivity contribution is -0.124. The minimum atomic E-state index is -0.146. The lowest BCUT2D eigenvalue weighted by Gasteiger charge is -2.44. The fourth-order valence-electron chi connectivity index (χ4n) is 4.87. The van der Waals surface area contributed by atoms with Crippen LogP contribution in [0.3, 0.4) is 0 Å². The normalized spacial score (nSPS) is 19.8. The molecule has 0 aromatic heterocycles. The van der Waals surface area contributed by atoms with Crippen LogP contribution in [-0.2, 0) is 4.79 Å². The fourth-order valence-corrected chi connectivity index (χ4v) is 4.87. The summed E-state index contributed by atoms with van der Waals surface area (Å²) in [6, 6.07) is 14.3. The molecule has 1 aliphatic heterocycles. The van der Waals surface area contributed by atoms with Crippen LogP contribution < -0.4 is 14.8 Å². The molecule has 4 heteroatoms. The Morgan fingerprint density at radius 3 is 2.70 bits per heavy atom.